The van der Waals surface area contributed by atoms with Crippen LogP contribution in [0.5, 0.6) is 5.75 Å². The van der Waals surface area contributed by atoms with E-state index >= 15 is 0 Å². The first-order valence-corrected chi connectivity index (χ1v) is 10.2. The van der Waals surface area contributed by atoms with Crippen molar-refractivity contribution >= 4 is 21.9 Å². The molecule has 0 saturated heterocycles. The summed E-state index contributed by atoms with van der Waals surface area (Å²) in [5, 5.41) is 0. The van der Waals surface area contributed by atoms with Gasteiger partial charge >= 0.3 is 5.97 Å². The van der Waals surface area contributed by atoms with Crippen molar-refractivity contribution in [2.75, 3.05) is 0 Å². The van der Waals surface area contributed by atoms with Gasteiger partial charge in [0.1, 0.15) is 31.5 Å². The second kappa shape index (κ2) is 9.50. The number of benzene rings is 3. The standard InChI is InChI=1S/C24H19BrO5/c25-22-19(23(26)30-16-18-9-5-2-6-10-18)11-12-20(21(22)24-27-13-14-28-24)29-15-17-7-3-1-4-8-17/h1-14,24H,15-16H2. The van der Waals surface area contributed by atoms with Crippen molar-refractivity contribution in [3.63, 3.8) is 0 Å². The van der Waals surface area contributed by atoms with Gasteiger partial charge in [-0.2, -0.15) is 0 Å². The van der Waals surface area contributed by atoms with Crippen molar-refractivity contribution in [1.29, 1.82) is 0 Å². The highest BCUT2D eigenvalue weighted by Crippen LogP contribution is 2.40. The summed E-state index contributed by atoms with van der Waals surface area (Å²) in [6, 6.07) is 22.7. The maximum atomic E-state index is 12.7. The molecular weight excluding hydrogens is 448 g/mol. The zero-order valence-corrected chi connectivity index (χ0v) is 17.6. The number of hydrogen-bond donors (Lipinski definition) is 0. The van der Waals surface area contributed by atoms with Crippen LogP contribution in [0.1, 0.15) is 33.3 Å². The Morgan fingerprint density at radius 2 is 1.43 bits per heavy atom. The number of esters is 1. The molecule has 0 amide bonds. The summed E-state index contributed by atoms with van der Waals surface area (Å²) < 4.78 is 23.0. The Labute approximate surface area is 183 Å². The van der Waals surface area contributed by atoms with Gasteiger partial charge in [0.05, 0.1) is 11.1 Å². The number of rotatable bonds is 7. The molecule has 6 heteroatoms. The fourth-order valence-corrected chi connectivity index (χ4v) is 3.67. The summed E-state index contributed by atoms with van der Waals surface area (Å²) in [5.41, 5.74) is 2.89. The van der Waals surface area contributed by atoms with E-state index in [4.69, 9.17) is 18.9 Å². The molecule has 0 N–H and O–H groups in total. The highest BCUT2D eigenvalue weighted by molar-refractivity contribution is 9.10. The van der Waals surface area contributed by atoms with Crippen molar-refractivity contribution < 1.29 is 23.7 Å². The highest BCUT2D eigenvalue weighted by atomic mass is 79.9. The van der Waals surface area contributed by atoms with Gasteiger partial charge in [-0.15, -0.1) is 0 Å². The van der Waals surface area contributed by atoms with E-state index in [1.807, 2.05) is 60.7 Å². The van der Waals surface area contributed by atoms with Gasteiger partial charge in [-0.1, -0.05) is 60.7 Å². The summed E-state index contributed by atoms with van der Waals surface area (Å²) in [6.45, 7) is 0.559. The molecule has 4 rings (SSSR count). The van der Waals surface area contributed by atoms with Crippen LogP contribution in [0, 0.1) is 0 Å². The first-order valence-electron chi connectivity index (χ1n) is 9.38. The molecule has 0 aliphatic carbocycles. The fourth-order valence-electron chi connectivity index (χ4n) is 2.99. The first kappa shape index (κ1) is 20.0. The van der Waals surface area contributed by atoms with Crippen LogP contribution in [0.15, 0.2) is 89.8 Å². The zero-order chi connectivity index (χ0) is 20.8. The zero-order valence-electron chi connectivity index (χ0n) is 16.0. The van der Waals surface area contributed by atoms with E-state index in [9.17, 15) is 4.79 Å². The fraction of sp³-hybridized carbons (Fsp3) is 0.125. The number of halogens is 1. The molecule has 0 bridgehead atoms. The molecule has 5 nitrogen and oxygen atoms in total. The maximum Gasteiger partial charge on any atom is 0.339 e. The van der Waals surface area contributed by atoms with Crippen molar-refractivity contribution in [2.45, 2.75) is 19.5 Å². The molecule has 152 valence electrons. The molecule has 30 heavy (non-hydrogen) atoms. The van der Waals surface area contributed by atoms with Gasteiger partial charge in [-0.05, 0) is 39.2 Å². The first-order chi connectivity index (χ1) is 14.7. The molecule has 0 aromatic heterocycles. The second-order valence-electron chi connectivity index (χ2n) is 6.55. The molecule has 3 aromatic carbocycles. The molecule has 3 aromatic rings. The van der Waals surface area contributed by atoms with E-state index in [2.05, 4.69) is 15.9 Å². The lowest BCUT2D eigenvalue weighted by Gasteiger charge is -2.19. The monoisotopic (exact) mass is 466 g/mol. The third-order valence-corrected chi connectivity index (χ3v) is 5.36. The molecule has 0 fully saturated rings. The van der Waals surface area contributed by atoms with Crippen molar-refractivity contribution in [2.24, 2.45) is 0 Å². The largest absolute Gasteiger partial charge is 0.488 e. The number of carbonyl (C=O) groups excluding carboxylic acids is 1. The highest BCUT2D eigenvalue weighted by Gasteiger charge is 2.28. The van der Waals surface area contributed by atoms with Crippen LogP contribution in [0.2, 0.25) is 0 Å². The van der Waals surface area contributed by atoms with E-state index in [1.54, 1.807) is 12.1 Å². The topological polar surface area (TPSA) is 54.0 Å². The third-order valence-electron chi connectivity index (χ3n) is 4.51. The van der Waals surface area contributed by atoms with Gasteiger partial charge in [0.15, 0.2) is 0 Å². The molecule has 1 heterocycles. The molecule has 0 saturated carbocycles. The Bertz CT molecular complexity index is 1030. The minimum atomic E-state index is -0.716. The van der Waals surface area contributed by atoms with Crippen LogP contribution < -0.4 is 4.74 Å². The average molecular weight is 467 g/mol. The van der Waals surface area contributed by atoms with Gasteiger partial charge in [-0.3, -0.25) is 0 Å². The van der Waals surface area contributed by atoms with E-state index in [-0.39, 0.29) is 6.61 Å². The number of carbonyl (C=O) groups is 1. The lowest BCUT2D eigenvalue weighted by molar-refractivity contribution is -0.0272. The molecule has 1 aliphatic rings. The summed E-state index contributed by atoms with van der Waals surface area (Å²) in [6.07, 6.45) is 2.20. The quantitative estimate of drug-likeness (QED) is 0.405. The van der Waals surface area contributed by atoms with E-state index < -0.39 is 12.3 Å². The summed E-state index contributed by atoms with van der Waals surface area (Å²) >= 11 is 3.53. The average Bonchev–Trinajstić information content (AvgIpc) is 3.32. The normalized spacial score (nSPS) is 12.8. The Balaban J connectivity index is 1.56. The maximum absolute atomic E-state index is 12.7. The van der Waals surface area contributed by atoms with Gasteiger partial charge in [0.25, 0.3) is 6.29 Å². The lowest BCUT2D eigenvalue weighted by atomic mass is 10.1. The van der Waals surface area contributed by atoms with Gasteiger partial charge in [0, 0.05) is 4.47 Å². The van der Waals surface area contributed by atoms with Crippen LogP contribution in [-0.4, -0.2) is 5.97 Å². The summed E-state index contributed by atoms with van der Waals surface area (Å²) in [5.74, 6) is 0.103. The number of hydrogen-bond acceptors (Lipinski definition) is 5. The molecular formula is C24H19BrO5. The Morgan fingerprint density at radius 1 is 0.833 bits per heavy atom. The Morgan fingerprint density at radius 3 is 2.07 bits per heavy atom. The predicted molar refractivity (Wildman–Crippen MR) is 115 cm³/mol. The molecule has 0 atom stereocenters. The Kier molecular flexibility index (Phi) is 6.35. The summed E-state index contributed by atoms with van der Waals surface area (Å²) in [7, 11) is 0. The van der Waals surface area contributed by atoms with Crippen LogP contribution in [-0.2, 0) is 27.4 Å². The number of ether oxygens (including phenoxy) is 4. The van der Waals surface area contributed by atoms with Crippen LogP contribution in [0.4, 0.5) is 0 Å². The molecule has 0 spiro atoms. The van der Waals surface area contributed by atoms with Crippen molar-refractivity contribution in [3.05, 3.63) is 112 Å². The lowest BCUT2D eigenvalue weighted by Crippen LogP contribution is -2.11. The molecule has 0 radical (unpaired) electrons. The minimum Gasteiger partial charge on any atom is -0.488 e. The van der Waals surface area contributed by atoms with E-state index in [0.29, 0.717) is 28.0 Å². The van der Waals surface area contributed by atoms with Gasteiger partial charge < -0.3 is 18.9 Å². The van der Waals surface area contributed by atoms with Crippen LogP contribution in [0.3, 0.4) is 0 Å². The van der Waals surface area contributed by atoms with Gasteiger partial charge in [0.2, 0.25) is 0 Å². The van der Waals surface area contributed by atoms with Crippen LogP contribution in [0.25, 0.3) is 0 Å². The summed E-state index contributed by atoms with van der Waals surface area (Å²) in [4.78, 5) is 12.7. The third kappa shape index (κ3) is 4.66. The second-order valence-corrected chi connectivity index (χ2v) is 7.34. The molecule has 1 aliphatic heterocycles. The predicted octanol–water partition coefficient (Wildman–Crippen LogP) is 5.90. The van der Waals surface area contributed by atoms with E-state index in [0.717, 1.165) is 11.1 Å². The van der Waals surface area contributed by atoms with Crippen molar-refractivity contribution in [1.82, 2.24) is 0 Å². The Hall–Kier alpha value is -3.25. The smallest absolute Gasteiger partial charge is 0.339 e. The molecule has 0 unspecified atom stereocenters. The van der Waals surface area contributed by atoms with Crippen LogP contribution >= 0.6 is 15.9 Å². The van der Waals surface area contributed by atoms with E-state index in [1.165, 1.54) is 12.5 Å². The van der Waals surface area contributed by atoms with Gasteiger partial charge in [-0.25, -0.2) is 4.79 Å². The minimum absolute atomic E-state index is 0.186. The SMILES string of the molecule is O=C(OCc1ccccc1)c1ccc(OCc2ccccc2)c(C2OC=CO2)c1Br. The van der Waals surface area contributed by atoms with Crippen molar-refractivity contribution in [3.8, 4) is 5.75 Å².